The normalized spacial score (nSPS) is 16.2. The molecule has 0 spiro atoms. The quantitative estimate of drug-likeness (QED) is 0.336. The third-order valence-corrected chi connectivity index (χ3v) is 4.01. The lowest BCUT2D eigenvalue weighted by atomic mass is 10.1. The van der Waals surface area contributed by atoms with Gasteiger partial charge in [0.25, 0.3) is 5.56 Å². The summed E-state index contributed by atoms with van der Waals surface area (Å²) in [6.45, 7) is 2.57. The van der Waals surface area contributed by atoms with Crippen molar-refractivity contribution >= 4 is 23.8 Å². The van der Waals surface area contributed by atoms with Crippen LogP contribution in [0.3, 0.4) is 0 Å². The predicted molar refractivity (Wildman–Crippen MR) is 91.0 cm³/mol. The Morgan fingerprint density at radius 2 is 1.96 bits per heavy atom. The van der Waals surface area contributed by atoms with E-state index in [1.807, 2.05) is 0 Å². The van der Waals surface area contributed by atoms with E-state index in [1.54, 1.807) is 0 Å². The molecular formula is C16H18N4O6. The zero-order valence-corrected chi connectivity index (χ0v) is 13.6. The van der Waals surface area contributed by atoms with Crippen molar-refractivity contribution in [1.82, 2.24) is 9.97 Å². The van der Waals surface area contributed by atoms with Crippen LogP contribution in [0.5, 0.6) is 5.75 Å². The Morgan fingerprint density at radius 3 is 2.65 bits per heavy atom. The summed E-state index contributed by atoms with van der Waals surface area (Å²) in [5.74, 6) is 0.0131. The molecule has 0 unspecified atom stereocenters. The van der Waals surface area contributed by atoms with E-state index in [4.69, 9.17) is 5.11 Å². The average Bonchev–Trinajstić information content (AvgIpc) is 2.61. The van der Waals surface area contributed by atoms with E-state index in [0.717, 1.165) is 0 Å². The Bertz CT molecular complexity index is 991. The number of aliphatic hydroxyl groups excluding tert-OH is 4. The summed E-state index contributed by atoms with van der Waals surface area (Å²) < 4.78 is 0. The van der Waals surface area contributed by atoms with Crippen LogP contribution in [0.15, 0.2) is 28.0 Å². The molecule has 6 N–H and O–H groups in total. The number of phenols is 1. The highest BCUT2D eigenvalue weighted by molar-refractivity contribution is 5.76. The second-order valence-electron chi connectivity index (χ2n) is 5.89. The molecule has 0 aliphatic carbocycles. The number of aromatic nitrogens is 2. The molecule has 0 fully saturated rings. The van der Waals surface area contributed by atoms with Crippen LogP contribution < -0.4 is 21.3 Å². The third-order valence-electron chi connectivity index (χ3n) is 4.01. The van der Waals surface area contributed by atoms with Gasteiger partial charge >= 0.3 is 0 Å². The van der Waals surface area contributed by atoms with Crippen LogP contribution in [0.1, 0.15) is 0 Å². The third kappa shape index (κ3) is 3.18. The monoisotopic (exact) mass is 362 g/mol. The molecule has 10 nitrogen and oxygen atoms in total. The van der Waals surface area contributed by atoms with E-state index < -0.39 is 30.5 Å². The van der Waals surface area contributed by atoms with Crippen molar-refractivity contribution in [1.29, 1.82) is 0 Å². The smallest absolute Gasteiger partial charge is 0.279 e. The summed E-state index contributed by atoms with van der Waals surface area (Å²) in [4.78, 5) is 24.4. The highest BCUT2D eigenvalue weighted by Gasteiger charge is 2.30. The number of phenolic OH excluding ortho intramolecular Hbond substituents is 1. The fraction of sp³-hybridized carbons (Fsp3) is 0.312. The van der Waals surface area contributed by atoms with Gasteiger partial charge in [0.15, 0.2) is 11.2 Å². The van der Waals surface area contributed by atoms with E-state index in [-0.39, 0.29) is 28.9 Å². The molecule has 0 saturated heterocycles. The molecule has 138 valence electrons. The molecular weight excluding hydrogens is 344 g/mol. The first-order valence-corrected chi connectivity index (χ1v) is 7.75. The van der Waals surface area contributed by atoms with Crippen molar-refractivity contribution in [2.24, 2.45) is 4.99 Å². The number of fused-ring (bicyclic) bond motifs is 2. The van der Waals surface area contributed by atoms with Crippen molar-refractivity contribution in [3.8, 4) is 5.75 Å². The number of aromatic hydroxyl groups is 1. The number of hydrogen-bond donors (Lipinski definition) is 6. The van der Waals surface area contributed by atoms with E-state index in [9.17, 15) is 25.2 Å². The molecule has 1 aliphatic rings. The summed E-state index contributed by atoms with van der Waals surface area (Å²) in [7, 11) is 0. The zero-order valence-electron chi connectivity index (χ0n) is 13.6. The Kier molecular flexibility index (Phi) is 4.74. The van der Waals surface area contributed by atoms with Crippen LogP contribution >= 0.6 is 0 Å². The number of nitrogens with one attached hydrogen (secondary N) is 1. The van der Waals surface area contributed by atoms with Gasteiger partial charge in [-0.3, -0.25) is 4.79 Å². The number of H-pyrrole nitrogens is 1. The Balaban J connectivity index is 2.13. The second-order valence-corrected chi connectivity index (χ2v) is 5.89. The lowest BCUT2D eigenvalue weighted by Gasteiger charge is -2.31. The molecule has 0 saturated carbocycles. The zero-order chi connectivity index (χ0) is 19.0. The maximum atomic E-state index is 12.2. The molecule has 26 heavy (non-hydrogen) atoms. The fourth-order valence-corrected chi connectivity index (χ4v) is 2.69. The van der Waals surface area contributed by atoms with Gasteiger partial charge in [0.2, 0.25) is 0 Å². The highest BCUT2D eigenvalue weighted by atomic mass is 16.4. The van der Waals surface area contributed by atoms with Gasteiger partial charge in [-0.15, -0.1) is 0 Å². The number of benzene rings is 1. The minimum absolute atomic E-state index is 0.0139. The lowest BCUT2D eigenvalue weighted by Crippen LogP contribution is -2.48. The summed E-state index contributed by atoms with van der Waals surface area (Å²) in [5.41, 5.74) is 0.237. The SMILES string of the molecule is C=c1nc2c(c(=O)[nH]1)=Nc1ccc(O)cc1N2C[C@H](O)[C@H](O)[C@H](O)CO. The molecule has 1 aromatic heterocycles. The number of aromatic amines is 1. The van der Waals surface area contributed by atoms with Gasteiger partial charge in [-0.1, -0.05) is 6.58 Å². The summed E-state index contributed by atoms with van der Waals surface area (Å²) in [6, 6.07) is 4.25. The molecule has 1 aliphatic heterocycles. The molecule has 3 rings (SSSR count). The molecule has 0 amide bonds. The average molecular weight is 362 g/mol. The van der Waals surface area contributed by atoms with Gasteiger partial charge in [-0.25, -0.2) is 9.98 Å². The summed E-state index contributed by atoms with van der Waals surface area (Å²) >= 11 is 0. The molecule has 10 heteroatoms. The topological polar surface area (TPSA) is 162 Å². The van der Waals surface area contributed by atoms with Crippen LogP contribution in [0.4, 0.5) is 17.2 Å². The van der Waals surface area contributed by atoms with Gasteiger partial charge in [0.05, 0.1) is 24.5 Å². The van der Waals surface area contributed by atoms with Crippen LogP contribution in [0, 0.1) is 0 Å². The maximum absolute atomic E-state index is 12.2. The molecule has 2 heterocycles. The molecule has 0 radical (unpaired) electrons. The molecule has 0 bridgehead atoms. The largest absolute Gasteiger partial charge is 0.508 e. The first-order valence-electron chi connectivity index (χ1n) is 7.75. The summed E-state index contributed by atoms with van der Waals surface area (Å²) in [5, 5.41) is 48.4. The first kappa shape index (κ1) is 18.0. The standard InChI is InChI=1S/C16H18N4O6/c1-7-17-15-13(16(26)18-7)19-9-3-2-8(22)4-10(9)20(15)5-11(23)14(25)12(24)6-21/h2-4,11-12,14,21-25H,1,5-6H2,(H,18,26)/t11-,12+,14-/m0/s1. The van der Waals surface area contributed by atoms with E-state index in [2.05, 4.69) is 21.5 Å². The second kappa shape index (κ2) is 6.84. The lowest BCUT2D eigenvalue weighted by molar-refractivity contribution is -0.0726. The minimum atomic E-state index is -1.63. The van der Waals surface area contributed by atoms with Crippen LogP contribution in [0.2, 0.25) is 0 Å². The molecule has 1 aromatic carbocycles. The van der Waals surface area contributed by atoms with Gasteiger partial charge in [-0.2, -0.15) is 0 Å². The van der Waals surface area contributed by atoms with Crippen LogP contribution in [-0.4, -0.2) is 67.0 Å². The highest BCUT2D eigenvalue weighted by Crippen LogP contribution is 2.37. The number of β-amino-alcohol motifs (C(OH)–C–C–N with tert-alkyl or cyclic N) is 1. The van der Waals surface area contributed by atoms with Crippen molar-refractivity contribution in [3.05, 3.63) is 39.4 Å². The van der Waals surface area contributed by atoms with Crippen LogP contribution in [-0.2, 0) is 0 Å². The van der Waals surface area contributed by atoms with E-state index in [1.165, 1.54) is 23.1 Å². The van der Waals surface area contributed by atoms with E-state index in [0.29, 0.717) is 11.4 Å². The Labute approximate surface area is 146 Å². The van der Waals surface area contributed by atoms with Crippen molar-refractivity contribution in [2.45, 2.75) is 18.3 Å². The fourth-order valence-electron chi connectivity index (χ4n) is 2.69. The van der Waals surface area contributed by atoms with Crippen molar-refractivity contribution in [3.63, 3.8) is 0 Å². The molecule has 3 atom stereocenters. The number of hydrogen-bond acceptors (Lipinski definition) is 9. The van der Waals surface area contributed by atoms with Crippen molar-refractivity contribution < 1.29 is 25.5 Å². The van der Waals surface area contributed by atoms with Gasteiger partial charge in [-0.05, 0) is 12.1 Å². The predicted octanol–water partition coefficient (Wildman–Crippen LogP) is -2.64. The first-order chi connectivity index (χ1) is 12.3. The van der Waals surface area contributed by atoms with Crippen molar-refractivity contribution in [2.75, 3.05) is 18.1 Å². The molecule has 2 aromatic rings. The minimum Gasteiger partial charge on any atom is -0.508 e. The number of nitrogens with zero attached hydrogens (tertiary/aromatic N) is 3. The van der Waals surface area contributed by atoms with Gasteiger partial charge in [0.1, 0.15) is 29.5 Å². The van der Waals surface area contributed by atoms with Gasteiger partial charge < -0.3 is 35.4 Å². The maximum Gasteiger partial charge on any atom is 0.279 e. The Hall–Kier alpha value is -2.79. The number of aliphatic hydroxyl groups is 4. The van der Waals surface area contributed by atoms with E-state index >= 15 is 0 Å². The Morgan fingerprint density at radius 1 is 1.23 bits per heavy atom. The number of anilines is 2. The number of rotatable bonds is 5. The summed E-state index contributed by atoms with van der Waals surface area (Å²) in [6.07, 6.45) is -4.67. The van der Waals surface area contributed by atoms with Gasteiger partial charge in [0, 0.05) is 6.07 Å². The van der Waals surface area contributed by atoms with Crippen LogP contribution in [0.25, 0.3) is 6.58 Å².